The van der Waals surface area contributed by atoms with Crippen molar-refractivity contribution >= 4 is 17.4 Å². The Hall–Kier alpha value is -2.57. The minimum atomic E-state index is -1.67. The number of amides is 1. The molecule has 0 unspecified atom stereocenters. The second-order valence-corrected chi connectivity index (χ2v) is 4.75. The first-order valence-electron chi connectivity index (χ1n) is 7.13. The van der Waals surface area contributed by atoms with Crippen LogP contribution in [-0.4, -0.2) is 24.0 Å². The number of carbonyl (C=O) groups excluding carboxylic acids is 1. The van der Waals surface area contributed by atoms with Gasteiger partial charge in [-0.25, -0.2) is 18.2 Å². The topological polar surface area (TPSA) is 45.2 Å². The van der Waals surface area contributed by atoms with Crippen LogP contribution < -0.4 is 10.2 Å². The van der Waals surface area contributed by atoms with Gasteiger partial charge in [0.2, 0.25) is 0 Å². The summed E-state index contributed by atoms with van der Waals surface area (Å²) < 4.78 is 39.6. The zero-order valence-electron chi connectivity index (χ0n) is 12.7. The minimum absolute atomic E-state index is 0.329. The van der Waals surface area contributed by atoms with Gasteiger partial charge in [-0.3, -0.25) is 4.79 Å². The Morgan fingerprint density at radius 1 is 1.09 bits per heavy atom. The van der Waals surface area contributed by atoms with E-state index in [1.807, 2.05) is 18.7 Å². The number of nitrogens with zero attached hydrogens (tertiary/aromatic N) is 2. The van der Waals surface area contributed by atoms with Crippen LogP contribution in [0.4, 0.5) is 24.7 Å². The third kappa shape index (κ3) is 3.61. The number of hydrogen-bond donors (Lipinski definition) is 1. The Balaban J connectivity index is 2.16. The zero-order valence-corrected chi connectivity index (χ0v) is 12.7. The highest BCUT2D eigenvalue weighted by Crippen LogP contribution is 2.18. The predicted molar refractivity (Wildman–Crippen MR) is 82.1 cm³/mol. The first-order chi connectivity index (χ1) is 11.0. The third-order valence-electron chi connectivity index (χ3n) is 3.37. The second kappa shape index (κ2) is 7.13. The van der Waals surface area contributed by atoms with Crippen molar-refractivity contribution in [3.8, 4) is 0 Å². The molecule has 1 amide bonds. The summed E-state index contributed by atoms with van der Waals surface area (Å²) in [5.41, 5.74) is -0.244. The molecule has 1 N–H and O–H groups in total. The van der Waals surface area contributed by atoms with E-state index < -0.39 is 28.9 Å². The molecule has 1 aromatic carbocycles. The van der Waals surface area contributed by atoms with Crippen molar-refractivity contribution in [3.05, 3.63) is 53.5 Å². The molecule has 122 valence electrons. The lowest BCUT2D eigenvalue weighted by atomic mass is 10.2. The number of benzene rings is 1. The van der Waals surface area contributed by atoms with E-state index in [9.17, 15) is 18.0 Å². The highest BCUT2D eigenvalue weighted by molar-refractivity contribution is 6.04. The number of halogens is 3. The van der Waals surface area contributed by atoms with Crippen LogP contribution in [0.15, 0.2) is 30.5 Å². The maximum absolute atomic E-state index is 13.6. The van der Waals surface area contributed by atoms with Gasteiger partial charge >= 0.3 is 0 Å². The molecule has 0 spiro atoms. The molecule has 1 aromatic heterocycles. The molecule has 0 aliphatic heterocycles. The monoisotopic (exact) mass is 323 g/mol. The summed E-state index contributed by atoms with van der Waals surface area (Å²) in [5.74, 6) is -4.67. The fraction of sp³-hybridized carbons (Fsp3) is 0.250. The van der Waals surface area contributed by atoms with Crippen LogP contribution in [0.3, 0.4) is 0 Å². The Labute approximate surface area is 132 Å². The lowest BCUT2D eigenvalue weighted by molar-refractivity contribution is 0.102. The average molecular weight is 323 g/mol. The van der Waals surface area contributed by atoms with Crippen LogP contribution in [0.2, 0.25) is 0 Å². The lowest BCUT2D eigenvalue weighted by Gasteiger charge is -2.19. The molecule has 7 heteroatoms. The van der Waals surface area contributed by atoms with Gasteiger partial charge in [0.15, 0.2) is 17.5 Å². The lowest BCUT2D eigenvalue weighted by Crippen LogP contribution is -2.23. The molecule has 0 aliphatic rings. The highest BCUT2D eigenvalue weighted by atomic mass is 19.2. The van der Waals surface area contributed by atoms with Crippen molar-refractivity contribution < 1.29 is 18.0 Å². The summed E-state index contributed by atoms with van der Waals surface area (Å²) in [4.78, 5) is 18.2. The second-order valence-electron chi connectivity index (χ2n) is 4.75. The van der Waals surface area contributed by atoms with Crippen LogP contribution in [-0.2, 0) is 0 Å². The van der Waals surface area contributed by atoms with Crippen LogP contribution in [0.1, 0.15) is 24.2 Å². The van der Waals surface area contributed by atoms with E-state index in [2.05, 4.69) is 10.3 Å². The molecule has 1 heterocycles. The van der Waals surface area contributed by atoms with Gasteiger partial charge in [-0.15, -0.1) is 0 Å². The minimum Gasteiger partial charge on any atom is -0.357 e. The third-order valence-corrected chi connectivity index (χ3v) is 3.37. The Bertz CT molecular complexity index is 700. The standard InChI is InChI=1S/C16H16F3N3O/c1-3-22(4-2)13-8-5-10(9-20-13)21-16(23)11-6-7-12(17)15(19)14(11)18/h5-9H,3-4H2,1-2H3,(H,21,23). The summed E-state index contributed by atoms with van der Waals surface area (Å²) in [7, 11) is 0. The Morgan fingerprint density at radius 3 is 2.35 bits per heavy atom. The number of anilines is 2. The summed E-state index contributed by atoms with van der Waals surface area (Å²) in [5, 5.41) is 2.40. The summed E-state index contributed by atoms with van der Waals surface area (Å²) in [6, 6.07) is 4.91. The zero-order chi connectivity index (χ0) is 17.0. The van der Waals surface area contributed by atoms with Gasteiger partial charge < -0.3 is 10.2 Å². The molecule has 0 fully saturated rings. The molecule has 0 radical (unpaired) electrons. The maximum Gasteiger partial charge on any atom is 0.258 e. The van der Waals surface area contributed by atoms with E-state index in [0.29, 0.717) is 11.8 Å². The quantitative estimate of drug-likeness (QED) is 0.855. The molecule has 0 bridgehead atoms. The van der Waals surface area contributed by atoms with Gasteiger partial charge in [-0.1, -0.05) is 0 Å². The van der Waals surface area contributed by atoms with Crippen molar-refractivity contribution in [3.63, 3.8) is 0 Å². The first-order valence-corrected chi connectivity index (χ1v) is 7.13. The van der Waals surface area contributed by atoms with Crippen LogP contribution in [0.25, 0.3) is 0 Å². The van der Waals surface area contributed by atoms with Gasteiger partial charge in [-0.05, 0) is 38.1 Å². The SMILES string of the molecule is CCN(CC)c1ccc(NC(=O)c2ccc(F)c(F)c2F)cn1. The molecular weight excluding hydrogens is 307 g/mol. The van der Waals surface area contributed by atoms with E-state index in [4.69, 9.17) is 0 Å². The maximum atomic E-state index is 13.6. The fourth-order valence-electron chi connectivity index (χ4n) is 2.09. The Kier molecular flexibility index (Phi) is 5.20. The molecule has 0 saturated heterocycles. The van der Waals surface area contributed by atoms with Crippen molar-refractivity contribution in [1.29, 1.82) is 0 Å². The van der Waals surface area contributed by atoms with E-state index in [1.165, 1.54) is 6.20 Å². The molecule has 0 aliphatic carbocycles. The molecular formula is C16H16F3N3O. The average Bonchev–Trinajstić information content (AvgIpc) is 2.55. The number of rotatable bonds is 5. The summed E-state index contributed by atoms with van der Waals surface area (Å²) >= 11 is 0. The van der Waals surface area contributed by atoms with Gasteiger partial charge in [-0.2, -0.15) is 0 Å². The van der Waals surface area contributed by atoms with Crippen molar-refractivity contribution in [2.24, 2.45) is 0 Å². The van der Waals surface area contributed by atoms with Crippen LogP contribution >= 0.6 is 0 Å². The van der Waals surface area contributed by atoms with E-state index >= 15 is 0 Å². The number of hydrogen-bond acceptors (Lipinski definition) is 3. The number of pyridine rings is 1. The molecule has 2 aromatic rings. The van der Waals surface area contributed by atoms with Crippen molar-refractivity contribution in [2.45, 2.75) is 13.8 Å². The molecule has 0 saturated carbocycles. The van der Waals surface area contributed by atoms with Crippen molar-refractivity contribution in [2.75, 3.05) is 23.3 Å². The van der Waals surface area contributed by atoms with Gasteiger partial charge in [0.1, 0.15) is 5.82 Å². The van der Waals surface area contributed by atoms with Gasteiger partial charge in [0.05, 0.1) is 17.4 Å². The smallest absolute Gasteiger partial charge is 0.258 e. The normalized spacial score (nSPS) is 10.5. The van der Waals surface area contributed by atoms with E-state index in [0.717, 1.165) is 25.0 Å². The molecule has 4 nitrogen and oxygen atoms in total. The van der Waals surface area contributed by atoms with E-state index in [-0.39, 0.29) is 0 Å². The fourth-order valence-corrected chi connectivity index (χ4v) is 2.09. The highest BCUT2D eigenvalue weighted by Gasteiger charge is 2.19. The van der Waals surface area contributed by atoms with Crippen LogP contribution in [0, 0.1) is 17.5 Å². The first kappa shape index (κ1) is 16.8. The summed E-state index contributed by atoms with van der Waals surface area (Å²) in [6.07, 6.45) is 1.42. The van der Waals surface area contributed by atoms with Gasteiger partial charge in [0, 0.05) is 13.1 Å². The van der Waals surface area contributed by atoms with E-state index in [1.54, 1.807) is 12.1 Å². The number of aromatic nitrogens is 1. The number of carbonyl (C=O) groups is 1. The number of nitrogens with one attached hydrogen (secondary N) is 1. The van der Waals surface area contributed by atoms with Crippen LogP contribution in [0.5, 0.6) is 0 Å². The molecule has 23 heavy (non-hydrogen) atoms. The molecule has 2 rings (SSSR count). The summed E-state index contributed by atoms with van der Waals surface area (Å²) in [6.45, 7) is 5.56. The van der Waals surface area contributed by atoms with Gasteiger partial charge in [0.25, 0.3) is 5.91 Å². The predicted octanol–water partition coefficient (Wildman–Crippen LogP) is 3.60. The Morgan fingerprint density at radius 2 is 1.78 bits per heavy atom. The van der Waals surface area contributed by atoms with Crippen molar-refractivity contribution in [1.82, 2.24) is 4.98 Å². The molecule has 0 atom stereocenters. The largest absolute Gasteiger partial charge is 0.357 e.